The lowest BCUT2D eigenvalue weighted by Crippen LogP contribution is -2.25. The third-order valence-corrected chi connectivity index (χ3v) is 5.30. The van der Waals surface area contributed by atoms with E-state index in [1.165, 1.54) is 28.3 Å². The summed E-state index contributed by atoms with van der Waals surface area (Å²) < 4.78 is 38.2. The molecule has 2 aromatic rings. The van der Waals surface area contributed by atoms with Gasteiger partial charge in [0.1, 0.15) is 12.4 Å². The van der Waals surface area contributed by atoms with E-state index in [0.29, 0.717) is 45.6 Å². The number of ether oxygens (including phenoxy) is 7. The molecular weight excluding hydrogens is 436 g/mol. The Bertz CT molecular complexity index is 1130. The molecule has 4 rings (SSSR count). The van der Waals surface area contributed by atoms with Crippen molar-refractivity contribution in [1.82, 2.24) is 0 Å². The molecular formula is C23H22O10. The van der Waals surface area contributed by atoms with Gasteiger partial charge in [-0.2, -0.15) is 0 Å². The van der Waals surface area contributed by atoms with Crippen LogP contribution < -0.4 is 28.4 Å². The van der Waals surface area contributed by atoms with Gasteiger partial charge in [0.25, 0.3) is 0 Å². The highest BCUT2D eigenvalue weighted by molar-refractivity contribution is 5.91. The molecule has 10 heteroatoms. The number of carbonyl (C=O) groups is 2. The van der Waals surface area contributed by atoms with Crippen LogP contribution >= 0.6 is 0 Å². The zero-order valence-electron chi connectivity index (χ0n) is 18.4. The molecule has 2 aliphatic rings. The third-order valence-electron chi connectivity index (χ3n) is 5.30. The Kier molecular flexibility index (Phi) is 5.91. The van der Waals surface area contributed by atoms with Crippen LogP contribution in [0.2, 0.25) is 0 Å². The van der Waals surface area contributed by atoms with Crippen molar-refractivity contribution in [3.63, 3.8) is 0 Å². The van der Waals surface area contributed by atoms with Crippen molar-refractivity contribution >= 4 is 11.9 Å². The van der Waals surface area contributed by atoms with E-state index in [1.54, 1.807) is 24.3 Å². The molecule has 2 heterocycles. The molecule has 33 heavy (non-hydrogen) atoms. The highest BCUT2D eigenvalue weighted by Gasteiger charge is 2.38. The minimum absolute atomic E-state index is 0.0113. The summed E-state index contributed by atoms with van der Waals surface area (Å²) in [5.41, 5.74) is 0.958. The molecule has 0 spiro atoms. The lowest BCUT2D eigenvalue weighted by atomic mass is 9.81. The van der Waals surface area contributed by atoms with Gasteiger partial charge in [0.2, 0.25) is 12.5 Å². The number of aliphatic carboxylic acids is 1. The molecule has 2 aliphatic heterocycles. The van der Waals surface area contributed by atoms with Crippen LogP contribution in [-0.2, 0) is 14.3 Å². The normalized spacial score (nSPS) is 15.9. The summed E-state index contributed by atoms with van der Waals surface area (Å²) in [5.74, 6) is -0.309. The second-order valence-corrected chi connectivity index (χ2v) is 7.16. The second-order valence-electron chi connectivity index (χ2n) is 7.16. The summed E-state index contributed by atoms with van der Waals surface area (Å²) in [6.07, 6.45) is 0. The van der Waals surface area contributed by atoms with Crippen molar-refractivity contribution < 1.29 is 47.9 Å². The topological polar surface area (TPSA) is 119 Å². The Morgan fingerprint density at radius 2 is 1.61 bits per heavy atom. The Morgan fingerprint density at radius 3 is 2.15 bits per heavy atom. The second kappa shape index (κ2) is 8.81. The molecule has 0 radical (unpaired) electrons. The lowest BCUT2D eigenvalue weighted by molar-refractivity contribution is -0.141. The van der Waals surface area contributed by atoms with Crippen molar-refractivity contribution in [1.29, 1.82) is 0 Å². The zero-order valence-corrected chi connectivity index (χ0v) is 18.4. The van der Waals surface area contributed by atoms with Gasteiger partial charge in [0.05, 0.1) is 26.9 Å². The van der Waals surface area contributed by atoms with E-state index in [9.17, 15) is 14.7 Å². The van der Waals surface area contributed by atoms with E-state index < -0.39 is 17.9 Å². The fourth-order valence-corrected chi connectivity index (χ4v) is 3.89. The summed E-state index contributed by atoms with van der Waals surface area (Å²) in [5, 5.41) is 10.2. The minimum Gasteiger partial charge on any atom is -0.493 e. The van der Waals surface area contributed by atoms with Crippen molar-refractivity contribution in [2.24, 2.45) is 0 Å². The largest absolute Gasteiger partial charge is 0.493 e. The Morgan fingerprint density at radius 1 is 0.970 bits per heavy atom. The molecule has 2 aromatic carbocycles. The van der Waals surface area contributed by atoms with Crippen LogP contribution in [0.5, 0.6) is 34.5 Å². The van der Waals surface area contributed by atoms with Crippen LogP contribution in [0.1, 0.15) is 24.0 Å². The van der Waals surface area contributed by atoms with Gasteiger partial charge in [0.15, 0.2) is 28.8 Å². The Balaban J connectivity index is 1.97. The molecule has 1 N–H and O–H groups in total. The first-order valence-corrected chi connectivity index (χ1v) is 9.88. The van der Waals surface area contributed by atoms with E-state index in [0.717, 1.165) is 0 Å². The van der Waals surface area contributed by atoms with Gasteiger partial charge in [-0.15, -0.1) is 0 Å². The van der Waals surface area contributed by atoms with Crippen molar-refractivity contribution in [3.05, 3.63) is 46.7 Å². The van der Waals surface area contributed by atoms with E-state index in [4.69, 9.17) is 33.2 Å². The Hall–Kier alpha value is -4.08. The SMILES string of the molecule is COc1cc([C@@H]2C(C(=O)O)=C(COC(C)=O)Oc3cc4c(cc32)OCO4)cc(OC)c1OC. The van der Waals surface area contributed by atoms with Gasteiger partial charge in [-0.3, -0.25) is 4.79 Å². The number of carboxylic acids is 1. The maximum absolute atomic E-state index is 12.4. The zero-order chi connectivity index (χ0) is 23.7. The molecule has 1 atom stereocenters. The van der Waals surface area contributed by atoms with Gasteiger partial charge in [-0.05, 0) is 23.8 Å². The summed E-state index contributed by atoms with van der Waals surface area (Å²) in [6, 6.07) is 6.63. The van der Waals surface area contributed by atoms with E-state index in [-0.39, 0.29) is 24.7 Å². The average molecular weight is 458 g/mol. The molecule has 0 saturated carbocycles. The Labute approximate surface area is 189 Å². The number of methoxy groups -OCH3 is 3. The third kappa shape index (κ3) is 3.95. The first-order valence-electron chi connectivity index (χ1n) is 9.88. The predicted molar refractivity (Wildman–Crippen MR) is 112 cm³/mol. The van der Waals surface area contributed by atoms with E-state index >= 15 is 0 Å². The monoisotopic (exact) mass is 458 g/mol. The van der Waals surface area contributed by atoms with Crippen LogP contribution in [0, 0.1) is 0 Å². The average Bonchev–Trinajstić information content (AvgIpc) is 3.26. The molecule has 0 saturated heterocycles. The molecule has 0 aromatic heterocycles. The van der Waals surface area contributed by atoms with Crippen LogP contribution in [0.25, 0.3) is 0 Å². The maximum Gasteiger partial charge on any atom is 0.336 e. The van der Waals surface area contributed by atoms with Crippen molar-refractivity contribution in [3.8, 4) is 34.5 Å². The molecule has 0 unspecified atom stereocenters. The summed E-state index contributed by atoms with van der Waals surface area (Å²) in [6.45, 7) is 0.908. The number of fused-ring (bicyclic) bond motifs is 2. The quantitative estimate of drug-likeness (QED) is 0.620. The van der Waals surface area contributed by atoms with Gasteiger partial charge in [-0.25, -0.2) is 4.79 Å². The highest BCUT2D eigenvalue weighted by Crippen LogP contribution is 2.51. The molecule has 10 nitrogen and oxygen atoms in total. The van der Waals surface area contributed by atoms with Gasteiger partial charge in [-0.1, -0.05) is 0 Å². The molecule has 174 valence electrons. The van der Waals surface area contributed by atoms with Crippen LogP contribution in [0.4, 0.5) is 0 Å². The first kappa shape index (κ1) is 22.1. The van der Waals surface area contributed by atoms with Crippen LogP contribution in [0.15, 0.2) is 35.6 Å². The number of rotatable bonds is 7. The first-order chi connectivity index (χ1) is 15.9. The molecule has 0 aliphatic carbocycles. The number of esters is 1. The molecule has 0 fully saturated rings. The van der Waals surface area contributed by atoms with E-state index in [1.807, 2.05) is 0 Å². The number of carbonyl (C=O) groups excluding carboxylic acids is 1. The minimum atomic E-state index is -1.24. The van der Waals surface area contributed by atoms with Gasteiger partial charge < -0.3 is 38.3 Å². The lowest BCUT2D eigenvalue weighted by Gasteiger charge is -2.30. The van der Waals surface area contributed by atoms with Crippen LogP contribution in [0.3, 0.4) is 0 Å². The van der Waals surface area contributed by atoms with E-state index in [2.05, 4.69) is 0 Å². The standard InChI is InChI=1S/C23H22O10/c1-11(24)30-9-19-21(23(25)26)20(12-5-17(27-2)22(29-4)18(6-12)28-3)13-7-15-16(32-10-31-15)8-14(13)33-19/h5-8,20H,9-10H2,1-4H3,(H,25,26)/t20-/m0/s1. The fraction of sp³-hybridized carbons (Fsp3) is 0.304. The molecule has 0 bridgehead atoms. The number of benzene rings is 2. The van der Waals surface area contributed by atoms with Crippen molar-refractivity contribution in [2.75, 3.05) is 34.7 Å². The number of hydrogen-bond acceptors (Lipinski definition) is 9. The number of carboxylic acid groups (broad SMARTS) is 1. The number of hydrogen-bond donors (Lipinski definition) is 1. The molecule has 0 amide bonds. The summed E-state index contributed by atoms with van der Waals surface area (Å²) >= 11 is 0. The predicted octanol–water partition coefficient (Wildman–Crippen LogP) is 2.87. The summed E-state index contributed by atoms with van der Waals surface area (Å²) in [7, 11) is 4.42. The fourth-order valence-electron chi connectivity index (χ4n) is 3.89. The van der Waals surface area contributed by atoms with Gasteiger partial charge >= 0.3 is 11.9 Å². The van der Waals surface area contributed by atoms with Crippen LogP contribution in [-0.4, -0.2) is 51.8 Å². The van der Waals surface area contributed by atoms with Gasteiger partial charge in [0, 0.05) is 24.5 Å². The summed E-state index contributed by atoms with van der Waals surface area (Å²) in [4.78, 5) is 23.9. The van der Waals surface area contributed by atoms with Crippen molar-refractivity contribution in [2.45, 2.75) is 12.8 Å². The highest BCUT2D eigenvalue weighted by atomic mass is 16.7. The maximum atomic E-state index is 12.4. The smallest absolute Gasteiger partial charge is 0.336 e.